The van der Waals surface area contributed by atoms with Gasteiger partial charge in [-0.15, -0.1) is 11.3 Å². The van der Waals surface area contributed by atoms with E-state index in [1.165, 1.54) is 11.3 Å². The lowest BCUT2D eigenvalue weighted by molar-refractivity contribution is 0.0783. The zero-order chi connectivity index (χ0) is 21.9. The maximum absolute atomic E-state index is 13.2. The van der Waals surface area contributed by atoms with Gasteiger partial charge in [0.2, 0.25) is 0 Å². The maximum atomic E-state index is 13.2. The number of nitrogens with zero attached hydrogens (tertiary/aromatic N) is 2. The number of hydrogen-bond acceptors (Lipinski definition) is 8. The van der Waals surface area contributed by atoms with E-state index in [2.05, 4.69) is 9.98 Å². The average molecular weight is 470 g/mol. The van der Waals surface area contributed by atoms with Crippen molar-refractivity contribution in [1.82, 2.24) is 4.98 Å². The lowest BCUT2D eigenvalue weighted by Crippen LogP contribution is -2.58. The van der Waals surface area contributed by atoms with Gasteiger partial charge in [0.05, 0.1) is 27.9 Å². The number of aliphatic hydroxyl groups is 1. The molecule has 7 nitrogen and oxygen atoms in total. The summed E-state index contributed by atoms with van der Waals surface area (Å²) in [5, 5.41) is 10.7. The summed E-state index contributed by atoms with van der Waals surface area (Å²) in [6, 6.07) is 3.63. The second kappa shape index (κ2) is 7.00. The van der Waals surface area contributed by atoms with Crippen LogP contribution in [-0.2, 0) is 25.7 Å². The second-order valence-corrected chi connectivity index (χ2v) is 12.4. The Hall–Kier alpha value is -1.52. The van der Waals surface area contributed by atoms with Gasteiger partial charge in [0.15, 0.2) is 14.6 Å². The number of amidine groups is 1. The minimum atomic E-state index is -3.60. The van der Waals surface area contributed by atoms with Gasteiger partial charge in [-0.05, 0) is 39.3 Å². The van der Waals surface area contributed by atoms with Crippen molar-refractivity contribution in [3.8, 4) is 10.4 Å². The highest BCUT2D eigenvalue weighted by atomic mass is 35.5. The molecule has 2 atom stereocenters. The molecule has 2 aromatic rings. The summed E-state index contributed by atoms with van der Waals surface area (Å²) in [6.45, 7) is 5.51. The molecule has 2 aliphatic rings. The smallest absolute Gasteiger partial charge is 0.168 e. The van der Waals surface area contributed by atoms with E-state index in [1.807, 2.05) is 6.07 Å². The molecule has 3 N–H and O–H groups in total. The molecule has 30 heavy (non-hydrogen) atoms. The van der Waals surface area contributed by atoms with E-state index in [9.17, 15) is 13.5 Å². The molecular formula is C20H24ClN3O4S2. The second-order valence-electron chi connectivity index (χ2n) is 8.64. The van der Waals surface area contributed by atoms with Crippen molar-refractivity contribution in [3.63, 3.8) is 0 Å². The third-order valence-electron chi connectivity index (χ3n) is 5.79. The van der Waals surface area contributed by atoms with E-state index in [4.69, 9.17) is 22.1 Å². The monoisotopic (exact) mass is 469 g/mol. The van der Waals surface area contributed by atoms with Gasteiger partial charge < -0.3 is 15.6 Å². The van der Waals surface area contributed by atoms with Gasteiger partial charge in [-0.1, -0.05) is 11.6 Å². The van der Waals surface area contributed by atoms with Crippen LogP contribution in [0.15, 0.2) is 29.5 Å². The third-order valence-corrected chi connectivity index (χ3v) is 10.3. The van der Waals surface area contributed by atoms with E-state index >= 15 is 0 Å². The zero-order valence-corrected chi connectivity index (χ0v) is 19.4. The molecule has 1 unspecified atom stereocenters. The van der Waals surface area contributed by atoms with Gasteiger partial charge >= 0.3 is 0 Å². The van der Waals surface area contributed by atoms with Crippen LogP contribution in [0.25, 0.3) is 10.4 Å². The van der Waals surface area contributed by atoms with E-state index in [0.717, 1.165) is 10.4 Å². The Morgan fingerprint density at radius 1 is 1.33 bits per heavy atom. The standard InChI is InChI=1S/C20H24ClN3O4S2/c1-18(2,25)13-6-12(8-23-9-13)15-7-14(21)16(29-15)19(3)11-30(26,27)20(17(22)24-19)4-5-28-10-20/h6-9,25H,4-5,10-11H2,1-3H3,(H2,22,24)/t19-,20?/m0/s1. The summed E-state index contributed by atoms with van der Waals surface area (Å²) in [6.07, 6.45) is 3.62. The molecule has 0 saturated carbocycles. The largest absolute Gasteiger partial charge is 0.386 e. The fourth-order valence-corrected chi connectivity index (χ4v) is 7.92. The molecule has 2 aliphatic heterocycles. The minimum absolute atomic E-state index is 0.0412. The molecule has 1 spiro atoms. The quantitative estimate of drug-likeness (QED) is 0.714. The predicted octanol–water partition coefficient (Wildman–Crippen LogP) is 2.85. The molecule has 2 aromatic heterocycles. The first-order valence-electron chi connectivity index (χ1n) is 9.52. The summed E-state index contributed by atoms with van der Waals surface area (Å²) in [5.41, 5.74) is 5.55. The molecule has 0 aromatic carbocycles. The maximum Gasteiger partial charge on any atom is 0.168 e. The number of nitrogens with two attached hydrogens (primary N) is 1. The molecule has 4 rings (SSSR count). The van der Waals surface area contributed by atoms with Crippen LogP contribution in [0.1, 0.15) is 37.6 Å². The van der Waals surface area contributed by atoms with Gasteiger partial charge in [0, 0.05) is 35.0 Å². The molecule has 0 aliphatic carbocycles. The third kappa shape index (κ3) is 3.36. The van der Waals surface area contributed by atoms with Crippen LogP contribution in [0.5, 0.6) is 0 Å². The van der Waals surface area contributed by atoms with Crippen LogP contribution in [0, 0.1) is 0 Å². The summed E-state index contributed by atoms with van der Waals surface area (Å²) in [7, 11) is -3.60. The van der Waals surface area contributed by atoms with Gasteiger partial charge in [0.1, 0.15) is 11.4 Å². The molecule has 4 heterocycles. The first-order valence-corrected chi connectivity index (χ1v) is 12.4. The van der Waals surface area contributed by atoms with E-state index in [1.54, 1.807) is 39.2 Å². The molecule has 10 heteroatoms. The number of aliphatic imine (C=N–C) groups is 1. The molecule has 162 valence electrons. The normalized spacial score (nSPS) is 28.6. The number of thiophene rings is 1. The summed E-state index contributed by atoms with van der Waals surface area (Å²) in [4.78, 5) is 10.3. The first-order chi connectivity index (χ1) is 13.9. The van der Waals surface area contributed by atoms with Crippen LogP contribution in [0.2, 0.25) is 5.02 Å². The van der Waals surface area contributed by atoms with Crippen LogP contribution in [-0.4, -0.2) is 48.1 Å². The number of sulfone groups is 1. The van der Waals surface area contributed by atoms with Crippen molar-refractivity contribution in [2.75, 3.05) is 19.0 Å². The Kier molecular flexibility index (Phi) is 5.06. The van der Waals surface area contributed by atoms with Crippen molar-refractivity contribution in [2.45, 2.75) is 43.1 Å². The Balaban J connectivity index is 1.78. The zero-order valence-electron chi connectivity index (χ0n) is 17.0. The Labute approximate surface area is 184 Å². The number of ether oxygens (including phenoxy) is 1. The van der Waals surface area contributed by atoms with Crippen LogP contribution in [0.4, 0.5) is 0 Å². The number of halogens is 1. The minimum Gasteiger partial charge on any atom is -0.386 e. The summed E-state index contributed by atoms with van der Waals surface area (Å²) in [5.74, 6) is -0.100. The van der Waals surface area contributed by atoms with Crippen molar-refractivity contribution in [3.05, 3.63) is 40.0 Å². The summed E-state index contributed by atoms with van der Waals surface area (Å²) < 4.78 is 30.6. The average Bonchev–Trinajstić information content (AvgIpc) is 3.28. The van der Waals surface area contributed by atoms with Crippen molar-refractivity contribution in [1.29, 1.82) is 0 Å². The molecule has 1 saturated heterocycles. The highest BCUT2D eigenvalue weighted by molar-refractivity contribution is 7.93. The molecular weight excluding hydrogens is 446 g/mol. The van der Waals surface area contributed by atoms with Crippen LogP contribution < -0.4 is 5.73 Å². The summed E-state index contributed by atoms with van der Waals surface area (Å²) >= 11 is 7.91. The van der Waals surface area contributed by atoms with E-state index < -0.39 is 25.7 Å². The fraction of sp³-hybridized carbons (Fsp3) is 0.500. The van der Waals surface area contributed by atoms with Crippen LogP contribution >= 0.6 is 22.9 Å². The number of hydrogen-bond donors (Lipinski definition) is 2. The predicted molar refractivity (Wildman–Crippen MR) is 119 cm³/mol. The van der Waals surface area contributed by atoms with Gasteiger partial charge in [-0.3, -0.25) is 9.98 Å². The van der Waals surface area contributed by atoms with E-state index in [-0.39, 0.29) is 18.2 Å². The number of rotatable bonds is 3. The Morgan fingerprint density at radius 2 is 2.07 bits per heavy atom. The van der Waals surface area contributed by atoms with Crippen LogP contribution in [0.3, 0.4) is 0 Å². The van der Waals surface area contributed by atoms with Gasteiger partial charge in [0.25, 0.3) is 0 Å². The molecule has 0 amide bonds. The van der Waals surface area contributed by atoms with Gasteiger partial charge in [-0.2, -0.15) is 0 Å². The van der Waals surface area contributed by atoms with Crippen molar-refractivity contribution >= 4 is 38.6 Å². The highest BCUT2D eigenvalue weighted by Gasteiger charge is 2.57. The van der Waals surface area contributed by atoms with Gasteiger partial charge in [-0.25, -0.2) is 8.42 Å². The Morgan fingerprint density at radius 3 is 2.67 bits per heavy atom. The highest BCUT2D eigenvalue weighted by Crippen LogP contribution is 2.47. The Bertz CT molecular complexity index is 1130. The number of pyridine rings is 1. The molecule has 0 radical (unpaired) electrons. The number of aromatic nitrogens is 1. The molecule has 0 bridgehead atoms. The topological polar surface area (TPSA) is 115 Å². The lowest BCUT2D eigenvalue weighted by Gasteiger charge is -2.38. The van der Waals surface area contributed by atoms with Crippen molar-refractivity contribution in [2.24, 2.45) is 10.7 Å². The van der Waals surface area contributed by atoms with Crippen molar-refractivity contribution < 1.29 is 18.3 Å². The molecule has 1 fully saturated rings. The SMILES string of the molecule is CC(C)(O)c1cncc(-c2cc(Cl)c([C@]3(C)CS(=O)(=O)C4(CCOC4)C(N)=N3)s2)c1. The van der Waals surface area contributed by atoms with E-state index in [0.29, 0.717) is 28.5 Å². The first kappa shape index (κ1) is 21.7. The fourth-order valence-electron chi connectivity index (χ4n) is 3.96. The lowest BCUT2D eigenvalue weighted by atomic mass is 9.98.